The molecule has 0 heterocycles. The highest BCUT2D eigenvalue weighted by molar-refractivity contribution is 7.57. The first-order valence-corrected chi connectivity index (χ1v) is 13.3. The minimum absolute atomic E-state index is 0.142. The maximum Gasteiger partial charge on any atom is 0.225 e. The van der Waals surface area contributed by atoms with Crippen molar-refractivity contribution >= 4 is 7.37 Å². The second-order valence-corrected chi connectivity index (χ2v) is 10.8. The fourth-order valence-electron chi connectivity index (χ4n) is 3.53. The van der Waals surface area contributed by atoms with Crippen LogP contribution in [0.4, 0.5) is 0 Å². The number of ether oxygens (including phenoxy) is 1. The lowest BCUT2D eigenvalue weighted by Gasteiger charge is -2.19. The number of aliphatic hydroxyl groups excluding tert-OH is 1. The molecule has 2 unspecified atom stereocenters. The highest BCUT2D eigenvalue weighted by Crippen LogP contribution is 2.42. The Morgan fingerprint density at radius 1 is 1.14 bits per heavy atom. The molecule has 0 radical (unpaired) electrons. The highest BCUT2D eigenvalue weighted by Gasteiger charge is 2.25. The van der Waals surface area contributed by atoms with Crippen molar-refractivity contribution in [2.24, 2.45) is 5.73 Å². The van der Waals surface area contributed by atoms with Crippen LogP contribution in [0.5, 0.6) is 5.75 Å². The summed E-state index contributed by atoms with van der Waals surface area (Å²) in [6.07, 6.45) is 10.0. The molecule has 1 aromatic rings. The number of unbranched alkanes of at least 4 members (excludes halogenated alkanes) is 5. The molecule has 5 nitrogen and oxygen atoms in total. The number of hydrogen-bond acceptors (Lipinski definition) is 4. The summed E-state index contributed by atoms with van der Waals surface area (Å²) in [7, 11) is -3.50. The fraction of sp³-hybridized carbons (Fsp3) is 0.739. The first kappa shape index (κ1) is 26.2. The first-order chi connectivity index (χ1) is 13.7. The van der Waals surface area contributed by atoms with E-state index in [0.717, 1.165) is 37.2 Å². The fourth-order valence-corrected chi connectivity index (χ4v) is 4.20. The van der Waals surface area contributed by atoms with Gasteiger partial charge in [-0.1, -0.05) is 58.1 Å². The van der Waals surface area contributed by atoms with Crippen LogP contribution in [0.3, 0.4) is 0 Å². The van der Waals surface area contributed by atoms with Gasteiger partial charge in [-0.15, -0.1) is 0 Å². The molecule has 0 saturated heterocycles. The molecule has 0 aliphatic rings. The van der Waals surface area contributed by atoms with Gasteiger partial charge in [0.2, 0.25) is 7.37 Å². The second-order valence-electron chi connectivity index (χ2n) is 8.33. The molecule has 4 N–H and O–H groups in total. The van der Waals surface area contributed by atoms with Crippen molar-refractivity contribution in [2.45, 2.75) is 96.9 Å². The largest absolute Gasteiger partial charge is 0.493 e. The maximum absolute atomic E-state index is 11.5. The molecule has 6 heteroatoms. The molecule has 0 aliphatic heterocycles. The monoisotopic (exact) mass is 427 g/mol. The SMILES string of the molecule is CCCCCCCCOc1c(C)cc(CC[C@@H](N)CC(O)P(C)(=O)O)cc1CC. The van der Waals surface area contributed by atoms with E-state index in [0.29, 0.717) is 6.42 Å². The third kappa shape index (κ3) is 10.1. The molecule has 1 rings (SSSR count). The summed E-state index contributed by atoms with van der Waals surface area (Å²) in [5.74, 6) is -0.236. The molecule has 0 bridgehead atoms. The van der Waals surface area contributed by atoms with Crippen molar-refractivity contribution in [1.29, 1.82) is 0 Å². The summed E-state index contributed by atoms with van der Waals surface area (Å²) in [5.41, 5.74) is 9.62. The van der Waals surface area contributed by atoms with Crippen LogP contribution in [-0.4, -0.2) is 35.2 Å². The molecule has 0 fully saturated rings. The van der Waals surface area contributed by atoms with Gasteiger partial charge in [-0.25, -0.2) is 0 Å². The summed E-state index contributed by atoms with van der Waals surface area (Å²) in [5, 5.41) is 9.77. The van der Waals surface area contributed by atoms with E-state index in [-0.39, 0.29) is 12.5 Å². The Morgan fingerprint density at radius 2 is 1.79 bits per heavy atom. The van der Waals surface area contributed by atoms with Crippen molar-refractivity contribution in [3.8, 4) is 5.75 Å². The highest BCUT2D eigenvalue weighted by atomic mass is 31.2. The van der Waals surface area contributed by atoms with Crippen LogP contribution >= 0.6 is 7.37 Å². The molecule has 3 atom stereocenters. The van der Waals surface area contributed by atoms with E-state index in [9.17, 15) is 14.6 Å². The Kier molecular flexibility index (Phi) is 12.1. The molecule has 0 aliphatic carbocycles. The van der Waals surface area contributed by atoms with Crippen LogP contribution in [0.25, 0.3) is 0 Å². The van der Waals surface area contributed by atoms with Gasteiger partial charge >= 0.3 is 0 Å². The molecule has 0 spiro atoms. The van der Waals surface area contributed by atoms with Crippen molar-refractivity contribution in [3.63, 3.8) is 0 Å². The Labute approximate surface area is 177 Å². The zero-order chi connectivity index (χ0) is 21.9. The summed E-state index contributed by atoms with van der Waals surface area (Å²) < 4.78 is 17.6. The first-order valence-electron chi connectivity index (χ1n) is 11.2. The van der Waals surface area contributed by atoms with Crippen LogP contribution in [0, 0.1) is 6.92 Å². The molecule has 29 heavy (non-hydrogen) atoms. The topological polar surface area (TPSA) is 92.8 Å². The third-order valence-electron chi connectivity index (χ3n) is 5.41. The lowest BCUT2D eigenvalue weighted by atomic mass is 9.98. The zero-order valence-corrected chi connectivity index (χ0v) is 19.7. The van der Waals surface area contributed by atoms with Gasteiger partial charge in [-0.05, 0) is 55.7 Å². The Bertz CT molecular complexity index is 644. The summed E-state index contributed by atoms with van der Waals surface area (Å²) in [4.78, 5) is 9.43. The van der Waals surface area contributed by atoms with Crippen LogP contribution in [0.1, 0.15) is 81.9 Å². The van der Waals surface area contributed by atoms with Gasteiger partial charge in [-0.2, -0.15) is 0 Å². The molecular formula is C23H42NO4P. The van der Waals surface area contributed by atoms with Crippen molar-refractivity contribution in [1.82, 2.24) is 0 Å². The van der Waals surface area contributed by atoms with Gasteiger partial charge in [0.15, 0.2) is 0 Å². The lowest BCUT2D eigenvalue weighted by Crippen LogP contribution is -2.26. The van der Waals surface area contributed by atoms with Gasteiger partial charge in [-0.3, -0.25) is 4.57 Å². The van der Waals surface area contributed by atoms with Gasteiger partial charge in [0.1, 0.15) is 11.6 Å². The normalized spacial score (nSPS) is 15.7. The molecule has 0 aromatic heterocycles. The Balaban J connectivity index is 2.56. The number of aryl methyl sites for hydroxylation is 3. The van der Waals surface area contributed by atoms with E-state index >= 15 is 0 Å². The van der Waals surface area contributed by atoms with Crippen LogP contribution < -0.4 is 10.5 Å². The standard InChI is InChI=1S/C23H42NO4P/c1-5-7-8-9-10-11-14-28-23-18(3)15-19(16-20(23)6-2)12-13-21(24)17-22(25)29(4,26)27/h15-16,21-22,25H,5-14,17,24H2,1-4H3,(H,26,27)/t21-,22?/m1/s1. The predicted molar refractivity (Wildman–Crippen MR) is 122 cm³/mol. The third-order valence-corrected chi connectivity index (χ3v) is 6.72. The summed E-state index contributed by atoms with van der Waals surface area (Å²) in [6, 6.07) is 4.03. The van der Waals surface area contributed by atoms with Gasteiger partial charge in [0.25, 0.3) is 0 Å². The average Bonchev–Trinajstić information content (AvgIpc) is 2.65. The quantitative estimate of drug-likeness (QED) is 0.265. The van der Waals surface area contributed by atoms with Crippen LogP contribution in [-0.2, 0) is 17.4 Å². The molecule has 0 amide bonds. The molecule has 0 saturated carbocycles. The van der Waals surface area contributed by atoms with Crippen molar-refractivity contribution in [3.05, 3.63) is 28.8 Å². The Morgan fingerprint density at radius 3 is 2.41 bits per heavy atom. The Hall–Kier alpha value is -0.870. The van der Waals surface area contributed by atoms with Crippen LogP contribution in [0.2, 0.25) is 0 Å². The van der Waals surface area contributed by atoms with E-state index in [1.165, 1.54) is 49.9 Å². The molecule has 168 valence electrons. The van der Waals surface area contributed by atoms with Crippen molar-refractivity contribution in [2.75, 3.05) is 13.3 Å². The van der Waals surface area contributed by atoms with Gasteiger partial charge in [0, 0.05) is 12.7 Å². The van der Waals surface area contributed by atoms with Crippen LogP contribution in [0.15, 0.2) is 12.1 Å². The number of rotatable bonds is 15. The summed E-state index contributed by atoms with van der Waals surface area (Å²) in [6.45, 7) is 8.39. The average molecular weight is 428 g/mol. The number of benzene rings is 1. The zero-order valence-electron chi connectivity index (χ0n) is 18.8. The minimum Gasteiger partial charge on any atom is -0.493 e. The second kappa shape index (κ2) is 13.4. The summed E-state index contributed by atoms with van der Waals surface area (Å²) >= 11 is 0. The maximum atomic E-state index is 11.5. The molecule has 1 aromatic carbocycles. The van der Waals surface area contributed by atoms with E-state index in [1.807, 2.05) is 0 Å². The van der Waals surface area contributed by atoms with E-state index in [2.05, 4.69) is 32.9 Å². The lowest BCUT2D eigenvalue weighted by molar-refractivity contribution is 0.210. The van der Waals surface area contributed by atoms with E-state index < -0.39 is 13.2 Å². The minimum atomic E-state index is -3.50. The smallest absolute Gasteiger partial charge is 0.225 e. The van der Waals surface area contributed by atoms with E-state index in [4.69, 9.17) is 10.5 Å². The number of aliphatic hydroxyl groups is 1. The number of nitrogens with two attached hydrogens (primary N) is 1. The number of hydrogen-bond donors (Lipinski definition) is 3. The van der Waals surface area contributed by atoms with Crippen molar-refractivity contribution < 1.29 is 19.3 Å². The predicted octanol–water partition coefficient (Wildman–Crippen LogP) is 5.17. The van der Waals surface area contributed by atoms with Gasteiger partial charge < -0.3 is 20.5 Å². The molecular weight excluding hydrogens is 385 g/mol. The van der Waals surface area contributed by atoms with E-state index in [1.54, 1.807) is 0 Å². The van der Waals surface area contributed by atoms with Gasteiger partial charge in [0.05, 0.1) is 6.61 Å².